The number of benzene rings is 2. The highest BCUT2D eigenvalue weighted by Gasteiger charge is 2.39. The smallest absolute Gasteiger partial charge is 0.320 e. The number of fused-ring (bicyclic) bond motifs is 1. The minimum Gasteiger partial charge on any atom is -0.416 e. The number of ether oxygens (including phenoxy) is 2. The highest BCUT2D eigenvalue weighted by Crippen LogP contribution is 2.36. The number of carbonyl (C=O) groups excluding carboxylic acids is 2. The van der Waals surface area contributed by atoms with Gasteiger partial charge in [0.2, 0.25) is 0 Å². The van der Waals surface area contributed by atoms with Crippen LogP contribution in [0.2, 0.25) is 13.1 Å². The van der Waals surface area contributed by atoms with Gasteiger partial charge in [0.1, 0.15) is 6.04 Å². The second-order valence-electron chi connectivity index (χ2n) is 10.4. The van der Waals surface area contributed by atoms with E-state index in [0.717, 1.165) is 22.4 Å². The molecule has 3 amide bonds. The first-order chi connectivity index (χ1) is 17.5. The predicted octanol–water partition coefficient (Wildman–Crippen LogP) is 5.09. The number of nitrogens with one attached hydrogen (secondary N) is 2. The third kappa shape index (κ3) is 7.41. The van der Waals surface area contributed by atoms with Crippen molar-refractivity contribution in [2.24, 2.45) is 0 Å². The lowest BCUT2D eigenvalue weighted by Gasteiger charge is -2.24. The molecule has 1 heterocycles. The van der Waals surface area contributed by atoms with Crippen molar-refractivity contribution in [3.63, 3.8) is 0 Å². The van der Waals surface area contributed by atoms with Gasteiger partial charge in [-0.1, -0.05) is 51.1 Å². The van der Waals surface area contributed by atoms with Crippen LogP contribution < -0.4 is 15.5 Å². The van der Waals surface area contributed by atoms with Gasteiger partial charge in [0.25, 0.3) is 5.91 Å². The van der Waals surface area contributed by atoms with Crippen LogP contribution in [0.4, 0.5) is 16.2 Å². The van der Waals surface area contributed by atoms with Crippen molar-refractivity contribution in [2.75, 3.05) is 30.0 Å². The number of hydrogen-bond acceptors (Lipinski definition) is 5. The lowest BCUT2D eigenvalue weighted by molar-refractivity contribution is -0.135. The van der Waals surface area contributed by atoms with E-state index in [4.69, 9.17) is 13.9 Å². The number of para-hydroxylation sites is 1. The minimum atomic E-state index is -1.25. The molecule has 3 rings (SSSR count). The zero-order valence-corrected chi connectivity index (χ0v) is 24.2. The summed E-state index contributed by atoms with van der Waals surface area (Å²) in [4.78, 5) is 28.2. The first-order valence-corrected chi connectivity index (χ1v) is 15.8. The Bertz CT molecular complexity index is 1080. The van der Waals surface area contributed by atoms with Gasteiger partial charge in [-0.3, -0.25) is 4.79 Å². The number of anilines is 2. The van der Waals surface area contributed by atoms with Crippen LogP contribution in [0.5, 0.6) is 0 Å². The van der Waals surface area contributed by atoms with Crippen molar-refractivity contribution < 1.29 is 23.5 Å². The van der Waals surface area contributed by atoms with Gasteiger partial charge in [-0.25, -0.2) is 4.79 Å². The van der Waals surface area contributed by atoms with Crippen molar-refractivity contribution in [3.05, 3.63) is 59.2 Å². The van der Waals surface area contributed by atoms with Crippen LogP contribution in [0, 0.1) is 0 Å². The summed E-state index contributed by atoms with van der Waals surface area (Å²) in [7, 11) is -1.25. The Morgan fingerprint density at radius 3 is 2.38 bits per heavy atom. The number of rotatable bonds is 11. The predicted molar refractivity (Wildman–Crippen MR) is 150 cm³/mol. The number of urea groups is 1. The van der Waals surface area contributed by atoms with E-state index in [1.165, 1.54) is 0 Å². The molecule has 1 aliphatic rings. The van der Waals surface area contributed by atoms with Gasteiger partial charge in [0.15, 0.2) is 15.3 Å². The van der Waals surface area contributed by atoms with Crippen LogP contribution in [0.15, 0.2) is 42.5 Å². The quantitative estimate of drug-likeness (QED) is 0.314. The first-order valence-electron chi connectivity index (χ1n) is 13.0. The van der Waals surface area contributed by atoms with Gasteiger partial charge in [0.05, 0.1) is 13.2 Å². The molecule has 202 valence electrons. The molecule has 37 heavy (non-hydrogen) atoms. The van der Waals surface area contributed by atoms with Gasteiger partial charge in [-0.05, 0) is 50.1 Å². The molecule has 1 aliphatic heterocycles. The summed E-state index contributed by atoms with van der Waals surface area (Å²) in [5, 5.41) is 5.84. The average Bonchev–Trinajstić information content (AvgIpc) is 3.09. The number of amides is 3. The zero-order chi connectivity index (χ0) is 27.2. The molecule has 0 fully saturated rings. The first kappa shape index (κ1) is 28.8. The number of nitrogens with zero attached hydrogens (tertiary/aromatic N) is 1. The third-order valence-corrected chi connectivity index (χ3v) is 6.99. The molecule has 9 heteroatoms. The molecule has 8 nitrogen and oxygen atoms in total. The van der Waals surface area contributed by atoms with Crippen LogP contribution in [0.1, 0.15) is 57.4 Å². The average molecular weight is 528 g/mol. The molecule has 0 bridgehead atoms. The minimum absolute atomic E-state index is 0.0327. The molecular weight excluding hydrogens is 486 g/mol. The second kappa shape index (κ2) is 12.7. The van der Waals surface area contributed by atoms with Crippen LogP contribution in [-0.4, -0.2) is 47.0 Å². The Hall–Kier alpha value is -2.72. The van der Waals surface area contributed by atoms with Crippen molar-refractivity contribution in [1.82, 2.24) is 5.32 Å². The van der Waals surface area contributed by atoms with Crippen LogP contribution in [0.25, 0.3) is 0 Å². The second-order valence-corrected chi connectivity index (χ2v) is 12.8. The fourth-order valence-corrected chi connectivity index (χ4v) is 4.75. The molecule has 0 radical (unpaired) electrons. The Morgan fingerprint density at radius 2 is 1.76 bits per heavy atom. The molecular formula is C28H41N3O5Si. The lowest BCUT2D eigenvalue weighted by Crippen LogP contribution is -2.43. The summed E-state index contributed by atoms with van der Waals surface area (Å²) in [6.07, 6.45) is -0.548. The highest BCUT2D eigenvalue weighted by atomic mass is 28.3. The van der Waals surface area contributed by atoms with Gasteiger partial charge in [-0.2, -0.15) is 0 Å². The van der Waals surface area contributed by atoms with E-state index in [2.05, 4.69) is 50.6 Å². The SMILES string of the molecule is CCOC(CN1C(=O)C(NC(=O)Nc2ccc(C(C)(C)C)cc2CO[SiH](C)C)c2ccccc21)OCC. The van der Waals surface area contributed by atoms with Crippen LogP contribution in [0.3, 0.4) is 0 Å². The molecule has 1 unspecified atom stereocenters. The maximum absolute atomic E-state index is 13.5. The largest absolute Gasteiger partial charge is 0.416 e. The number of carbonyl (C=O) groups is 2. The standard InChI is InChI=1S/C28H41N3O5Si/c1-8-34-24(35-9-2)17-31-23-13-11-10-12-21(23)25(26(31)32)30-27(33)29-22-15-14-20(28(3,4)5)16-19(22)18-36-37(6)7/h10-16,24-25,37H,8-9,17-18H2,1-7H3,(H2,29,30,33). The monoisotopic (exact) mass is 527 g/mol. The van der Waals surface area contributed by atoms with Crippen molar-refractivity contribution in [3.8, 4) is 0 Å². The summed E-state index contributed by atoms with van der Waals surface area (Å²) in [5.74, 6) is -0.224. The summed E-state index contributed by atoms with van der Waals surface area (Å²) in [6.45, 7) is 16.1. The maximum atomic E-state index is 13.5. The Morgan fingerprint density at radius 1 is 1.08 bits per heavy atom. The molecule has 2 N–H and O–H groups in total. The Kier molecular flexibility index (Phi) is 9.89. The highest BCUT2D eigenvalue weighted by molar-refractivity contribution is 6.48. The van der Waals surface area contributed by atoms with Crippen LogP contribution in [-0.2, 0) is 30.7 Å². The van der Waals surface area contributed by atoms with Gasteiger partial charge in [0, 0.05) is 35.7 Å². The molecule has 0 spiro atoms. The van der Waals surface area contributed by atoms with E-state index in [0.29, 0.717) is 25.5 Å². The van der Waals surface area contributed by atoms with Crippen molar-refractivity contribution >= 4 is 32.4 Å². The van der Waals surface area contributed by atoms with Crippen molar-refractivity contribution in [2.45, 2.75) is 72.1 Å². The molecule has 2 aromatic carbocycles. The van der Waals surface area contributed by atoms with Gasteiger partial charge < -0.3 is 29.4 Å². The fourth-order valence-electron chi connectivity index (χ4n) is 4.23. The topological polar surface area (TPSA) is 89.1 Å². The molecule has 0 aliphatic carbocycles. The van der Waals surface area contributed by atoms with Gasteiger partial charge in [-0.15, -0.1) is 0 Å². The van der Waals surface area contributed by atoms with Crippen molar-refractivity contribution in [1.29, 1.82) is 0 Å². The molecule has 1 atom stereocenters. The maximum Gasteiger partial charge on any atom is 0.320 e. The molecule has 2 aromatic rings. The Labute approximate surface area is 222 Å². The van der Waals surface area contributed by atoms with E-state index in [-0.39, 0.29) is 17.9 Å². The summed E-state index contributed by atoms with van der Waals surface area (Å²) >= 11 is 0. The summed E-state index contributed by atoms with van der Waals surface area (Å²) < 4.78 is 17.3. The van der Waals surface area contributed by atoms with Crippen LogP contribution >= 0.6 is 0 Å². The van der Waals surface area contributed by atoms with Gasteiger partial charge >= 0.3 is 6.03 Å². The van der Waals surface area contributed by atoms with E-state index >= 15 is 0 Å². The zero-order valence-electron chi connectivity index (χ0n) is 23.1. The molecule has 0 saturated carbocycles. The Balaban J connectivity index is 1.80. The van der Waals surface area contributed by atoms with E-state index in [9.17, 15) is 9.59 Å². The lowest BCUT2D eigenvalue weighted by atomic mass is 9.86. The fraction of sp³-hybridized carbons (Fsp3) is 0.500. The normalized spacial score (nSPS) is 15.4. The molecule has 0 aromatic heterocycles. The summed E-state index contributed by atoms with van der Waals surface area (Å²) in [6, 6.07) is 12.2. The van der Waals surface area contributed by atoms with E-state index in [1.54, 1.807) is 4.90 Å². The van der Waals surface area contributed by atoms with E-state index < -0.39 is 27.4 Å². The molecule has 0 saturated heterocycles. The van der Waals surface area contributed by atoms with E-state index in [1.807, 2.05) is 50.2 Å². The third-order valence-electron chi connectivity index (χ3n) is 6.16. The summed E-state index contributed by atoms with van der Waals surface area (Å²) in [5.41, 5.74) is 4.20. The number of hydrogen-bond donors (Lipinski definition) is 2.